The van der Waals surface area contributed by atoms with Crippen LogP contribution in [0.3, 0.4) is 0 Å². The number of nitrogen functional groups attached to an aromatic ring is 1. The van der Waals surface area contributed by atoms with Crippen LogP contribution >= 0.6 is 11.8 Å². The van der Waals surface area contributed by atoms with Crippen molar-refractivity contribution in [1.29, 1.82) is 0 Å². The number of hydrogen-bond donors (Lipinski definition) is 1. The summed E-state index contributed by atoms with van der Waals surface area (Å²) in [6.45, 7) is 2.01. The van der Waals surface area contributed by atoms with Crippen molar-refractivity contribution < 1.29 is 0 Å². The Morgan fingerprint density at radius 3 is 2.80 bits per heavy atom. The minimum absolute atomic E-state index is 0.727. The summed E-state index contributed by atoms with van der Waals surface area (Å²) < 4.78 is 1.62. The Bertz CT molecular complexity index is 479. The zero-order chi connectivity index (χ0) is 10.8. The third-order valence-corrected chi connectivity index (χ3v) is 3.07. The number of rotatable bonds is 2. The highest BCUT2D eigenvalue weighted by molar-refractivity contribution is 7.99. The molecule has 0 bridgehead atoms. The van der Waals surface area contributed by atoms with Gasteiger partial charge < -0.3 is 5.73 Å². The number of anilines is 1. The summed E-state index contributed by atoms with van der Waals surface area (Å²) in [5, 5.41) is 11.9. The maximum atomic E-state index is 5.89. The molecule has 0 radical (unpaired) electrons. The predicted molar refractivity (Wildman–Crippen MR) is 58.5 cm³/mol. The Morgan fingerprint density at radius 1 is 1.40 bits per heavy atom. The van der Waals surface area contributed by atoms with Crippen LogP contribution < -0.4 is 5.73 Å². The molecule has 0 saturated carbocycles. The first-order valence-corrected chi connectivity index (χ1v) is 5.25. The van der Waals surface area contributed by atoms with Crippen LogP contribution in [0.15, 0.2) is 28.3 Å². The largest absolute Gasteiger partial charge is 0.398 e. The molecule has 0 atom stereocenters. The van der Waals surface area contributed by atoms with E-state index in [1.807, 2.05) is 25.1 Å². The fraction of sp³-hybridized carbons (Fsp3) is 0.222. The van der Waals surface area contributed by atoms with Gasteiger partial charge in [-0.3, -0.25) is 0 Å². The Hall–Kier alpha value is -1.56. The molecule has 1 aromatic heterocycles. The van der Waals surface area contributed by atoms with Gasteiger partial charge in [-0.2, -0.15) is 0 Å². The molecule has 2 rings (SSSR count). The van der Waals surface area contributed by atoms with Crippen molar-refractivity contribution >= 4 is 17.4 Å². The predicted octanol–water partition coefficient (Wildman–Crippen LogP) is 1.25. The summed E-state index contributed by atoms with van der Waals surface area (Å²) in [7, 11) is 1.80. The first kappa shape index (κ1) is 9.97. The number of tetrazole rings is 1. The summed E-state index contributed by atoms with van der Waals surface area (Å²) in [6.07, 6.45) is 0. The molecule has 15 heavy (non-hydrogen) atoms. The number of aromatic nitrogens is 4. The lowest BCUT2D eigenvalue weighted by molar-refractivity contribution is 0.664. The molecular formula is C9H11N5S. The molecule has 0 unspecified atom stereocenters. The van der Waals surface area contributed by atoms with Crippen molar-refractivity contribution in [3.8, 4) is 0 Å². The van der Waals surface area contributed by atoms with Crippen LogP contribution in [0.1, 0.15) is 5.56 Å². The van der Waals surface area contributed by atoms with E-state index in [-0.39, 0.29) is 0 Å². The highest BCUT2D eigenvalue weighted by Crippen LogP contribution is 2.30. The normalized spacial score (nSPS) is 10.5. The van der Waals surface area contributed by atoms with Crippen LogP contribution in [-0.4, -0.2) is 20.2 Å². The standard InChI is InChI=1S/C9H11N5S/c1-6-3-4-8(7(10)5-6)15-9-11-12-13-14(9)2/h3-5H,10H2,1-2H3. The highest BCUT2D eigenvalue weighted by atomic mass is 32.2. The minimum atomic E-state index is 0.727. The maximum Gasteiger partial charge on any atom is 0.213 e. The van der Waals surface area contributed by atoms with E-state index in [9.17, 15) is 0 Å². The van der Waals surface area contributed by atoms with Gasteiger partial charge >= 0.3 is 0 Å². The van der Waals surface area contributed by atoms with E-state index in [4.69, 9.17) is 5.73 Å². The fourth-order valence-electron chi connectivity index (χ4n) is 1.17. The van der Waals surface area contributed by atoms with Crippen LogP contribution in [-0.2, 0) is 7.05 Å². The van der Waals surface area contributed by atoms with Crippen molar-refractivity contribution in [2.75, 3.05) is 5.73 Å². The molecule has 78 valence electrons. The van der Waals surface area contributed by atoms with Gasteiger partial charge in [0.05, 0.1) is 0 Å². The maximum absolute atomic E-state index is 5.89. The lowest BCUT2D eigenvalue weighted by Gasteiger charge is -2.04. The molecule has 0 saturated heterocycles. The zero-order valence-corrected chi connectivity index (χ0v) is 9.32. The topological polar surface area (TPSA) is 69.6 Å². The van der Waals surface area contributed by atoms with Crippen molar-refractivity contribution in [3.63, 3.8) is 0 Å². The molecule has 2 N–H and O–H groups in total. The van der Waals surface area contributed by atoms with Crippen molar-refractivity contribution in [2.45, 2.75) is 17.0 Å². The average Bonchev–Trinajstić information content (AvgIpc) is 2.57. The second-order valence-corrected chi connectivity index (χ2v) is 4.24. The van der Waals surface area contributed by atoms with Gasteiger partial charge in [-0.25, -0.2) is 4.68 Å². The van der Waals surface area contributed by atoms with Gasteiger partial charge in [-0.05, 0) is 46.8 Å². The molecule has 6 heteroatoms. The molecular weight excluding hydrogens is 210 g/mol. The van der Waals surface area contributed by atoms with Crippen molar-refractivity contribution in [1.82, 2.24) is 20.2 Å². The Labute approximate surface area is 91.7 Å². The van der Waals surface area contributed by atoms with Crippen LogP contribution in [0.25, 0.3) is 0 Å². The Morgan fingerprint density at radius 2 is 2.20 bits per heavy atom. The van der Waals surface area contributed by atoms with Gasteiger partial charge in [0.25, 0.3) is 0 Å². The fourth-order valence-corrected chi connectivity index (χ4v) is 1.92. The summed E-state index contributed by atoms with van der Waals surface area (Å²) in [4.78, 5) is 0.971. The number of aryl methyl sites for hydroxylation is 2. The monoisotopic (exact) mass is 221 g/mol. The third kappa shape index (κ3) is 2.10. The van der Waals surface area contributed by atoms with Crippen LogP contribution in [0.2, 0.25) is 0 Å². The summed E-state index contributed by atoms with van der Waals surface area (Å²) >= 11 is 1.46. The lowest BCUT2D eigenvalue weighted by atomic mass is 10.2. The first-order chi connectivity index (χ1) is 7.16. The second-order valence-electron chi connectivity index (χ2n) is 3.23. The summed E-state index contributed by atoms with van der Waals surface area (Å²) in [6, 6.07) is 5.93. The third-order valence-electron chi connectivity index (χ3n) is 1.95. The number of benzene rings is 1. The quantitative estimate of drug-likeness (QED) is 0.773. The van der Waals surface area contributed by atoms with E-state index in [0.29, 0.717) is 0 Å². The van der Waals surface area contributed by atoms with Gasteiger partial charge in [0.1, 0.15) is 0 Å². The van der Waals surface area contributed by atoms with E-state index < -0.39 is 0 Å². The molecule has 0 aliphatic heterocycles. The van der Waals surface area contributed by atoms with Crippen molar-refractivity contribution in [3.05, 3.63) is 23.8 Å². The molecule has 2 aromatic rings. The molecule has 0 aliphatic carbocycles. The molecule has 0 spiro atoms. The number of nitrogens with zero attached hydrogens (tertiary/aromatic N) is 4. The molecule has 5 nitrogen and oxygen atoms in total. The van der Waals surface area contributed by atoms with Gasteiger partial charge in [-0.1, -0.05) is 6.07 Å². The Balaban J connectivity index is 2.29. The highest BCUT2D eigenvalue weighted by Gasteiger charge is 2.07. The van der Waals surface area contributed by atoms with Crippen LogP contribution in [0.5, 0.6) is 0 Å². The molecule has 0 amide bonds. The molecule has 1 heterocycles. The molecule has 0 fully saturated rings. The minimum Gasteiger partial charge on any atom is -0.398 e. The van der Waals surface area contributed by atoms with Gasteiger partial charge in [0, 0.05) is 17.6 Å². The van der Waals surface area contributed by atoms with E-state index >= 15 is 0 Å². The molecule has 1 aromatic carbocycles. The number of hydrogen-bond acceptors (Lipinski definition) is 5. The van der Waals surface area contributed by atoms with E-state index in [0.717, 1.165) is 21.3 Å². The smallest absolute Gasteiger partial charge is 0.213 e. The van der Waals surface area contributed by atoms with Gasteiger partial charge in [-0.15, -0.1) is 5.10 Å². The lowest BCUT2D eigenvalue weighted by Crippen LogP contribution is -1.94. The van der Waals surface area contributed by atoms with Crippen LogP contribution in [0.4, 0.5) is 5.69 Å². The number of nitrogens with two attached hydrogens (primary N) is 1. The van der Waals surface area contributed by atoms with Crippen LogP contribution in [0, 0.1) is 6.92 Å². The average molecular weight is 221 g/mol. The van der Waals surface area contributed by atoms with Gasteiger partial charge in [0.2, 0.25) is 5.16 Å². The summed E-state index contributed by atoms with van der Waals surface area (Å²) in [5.41, 5.74) is 7.79. The van der Waals surface area contributed by atoms with E-state index in [2.05, 4.69) is 15.5 Å². The molecule has 0 aliphatic rings. The van der Waals surface area contributed by atoms with E-state index in [1.165, 1.54) is 11.8 Å². The second kappa shape index (κ2) is 3.90. The van der Waals surface area contributed by atoms with Gasteiger partial charge in [0.15, 0.2) is 0 Å². The zero-order valence-electron chi connectivity index (χ0n) is 8.51. The first-order valence-electron chi connectivity index (χ1n) is 4.43. The Kier molecular flexibility index (Phi) is 2.59. The summed E-state index contributed by atoms with van der Waals surface area (Å²) in [5.74, 6) is 0. The SMILES string of the molecule is Cc1ccc(Sc2nnnn2C)c(N)c1. The van der Waals surface area contributed by atoms with E-state index in [1.54, 1.807) is 11.7 Å². The van der Waals surface area contributed by atoms with Crippen molar-refractivity contribution in [2.24, 2.45) is 7.05 Å².